The van der Waals surface area contributed by atoms with E-state index >= 15 is 0 Å². The molecule has 4 N–H and O–H groups in total. The lowest BCUT2D eigenvalue weighted by Gasteiger charge is -2.05. The molecule has 0 radical (unpaired) electrons. The zero-order chi connectivity index (χ0) is 8.36. The lowest BCUT2D eigenvalue weighted by molar-refractivity contribution is -0.130. The molecule has 6 nitrogen and oxygen atoms in total. The zero-order valence-corrected chi connectivity index (χ0v) is 6.97. The third-order valence-corrected chi connectivity index (χ3v) is 0.882. The molecule has 0 saturated carbocycles. The summed E-state index contributed by atoms with van der Waals surface area (Å²) in [4.78, 5) is 10.3. The molecule has 0 aromatic rings. The molecule has 0 heterocycles. The van der Waals surface area contributed by atoms with Gasteiger partial charge in [-0.05, 0) is 6.92 Å². The van der Waals surface area contributed by atoms with E-state index in [1.54, 1.807) is 0 Å². The zero-order valence-electron chi connectivity index (χ0n) is 6.16. The second-order valence-electron chi connectivity index (χ2n) is 1.56. The van der Waals surface area contributed by atoms with Crippen LogP contribution in [0.1, 0.15) is 6.92 Å². The molecule has 0 spiro atoms. The van der Waals surface area contributed by atoms with Crippen LogP contribution in [-0.4, -0.2) is 18.9 Å². The van der Waals surface area contributed by atoms with Gasteiger partial charge in [0.1, 0.15) is 0 Å². The second kappa shape index (κ2) is 4.06. The summed E-state index contributed by atoms with van der Waals surface area (Å²) in [5.74, 6) is -1.23. The predicted molar refractivity (Wildman–Crippen MR) is 36.6 cm³/mol. The molecule has 0 aromatic heterocycles. The molecule has 0 bridgehead atoms. The highest BCUT2D eigenvalue weighted by Crippen LogP contribution is 1.95. The summed E-state index contributed by atoms with van der Waals surface area (Å²) < 4.78 is 32.5. The number of carbonyl (C=O) groups excluding carboxylic acids is 1. The summed E-state index contributed by atoms with van der Waals surface area (Å²) in [6, 6.07) is 0. The molecule has 66 valence electrons. The van der Waals surface area contributed by atoms with Crippen molar-refractivity contribution in [3.8, 4) is 0 Å². The number of quaternary nitrogens is 1. The van der Waals surface area contributed by atoms with Gasteiger partial charge in [-0.1, -0.05) is 6.58 Å². The van der Waals surface area contributed by atoms with Crippen molar-refractivity contribution in [1.82, 2.24) is 6.15 Å². The van der Waals surface area contributed by atoms with Crippen molar-refractivity contribution in [3.05, 3.63) is 12.2 Å². The van der Waals surface area contributed by atoms with E-state index < -0.39 is 16.4 Å². The maximum absolute atomic E-state index is 10.3. The molecule has 0 aliphatic rings. The fraction of sp³-hybridized carbons (Fsp3) is 0.250. The summed E-state index contributed by atoms with van der Waals surface area (Å²) in [6.07, 6.45) is 0. The molecule has 0 saturated heterocycles. The first-order chi connectivity index (χ1) is 4.33. The Balaban J connectivity index is 0. The van der Waals surface area contributed by atoms with Crippen LogP contribution < -0.4 is 6.15 Å². The quantitative estimate of drug-likeness (QED) is 0.365. The van der Waals surface area contributed by atoms with E-state index in [1.165, 1.54) is 6.92 Å². The average molecular weight is 183 g/mol. The summed E-state index contributed by atoms with van der Waals surface area (Å²) in [5, 5.41) is 0. The van der Waals surface area contributed by atoms with E-state index in [9.17, 15) is 17.8 Å². The molecule has 0 aromatic carbocycles. The Hall–Kier alpha value is -0.920. The van der Waals surface area contributed by atoms with E-state index in [-0.39, 0.29) is 11.7 Å². The summed E-state index contributed by atoms with van der Waals surface area (Å²) in [5.41, 5.74) is -0.139. The van der Waals surface area contributed by atoms with Crippen LogP contribution in [0.4, 0.5) is 0 Å². The Morgan fingerprint density at radius 2 is 1.91 bits per heavy atom. The van der Waals surface area contributed by atoms with E-state index in [4.69, 9.17) is 0 Å². The van der Waals surface area contributed by atoms with E-state index in [0.717, 1.165) is 0 Å². The topological polar surface area (TPSA) is 120 Å². The van der Waals surface area contributed by atoms with Gasteiger partial charge in [0.2, 0.25) is 0 Å². The smallest absolute Gasteiger partial charge is 0.347 e. The maximum atomic E-state index is 10.3. The molecule has 0 amide bonds. The van der Waals surface area contributed by atoms with Crippen molar-refractivity contribution in [2.45, 2.75) is 6.92 Å². The van der Waals surface area contributed by atoms with Crippen molar-refractivity contribution in [3.63, 3.8) is 0 Å². The lowest BCUT2D eigenvalue weighted by Crippen LogP contribution is -2.11. The molecule has 0 unspecified atom stereocenters. The van der Waals surface area contributed by atoms with Crippen LogP contribution >= 0.6 is 0 Å². The standard InChI is InChI=1S/C4H6O5S.H3N/c1-3(2)4(5)9-10(6,7)8;/h1H2,2H3,(H,6,7,8);1H3. The molecule has 11 heavy (non-hydrogen) atoms. The van der Waals surface area contributed by atoms with Crippen LogP contribution in [0, 0.1) is 0 Å². The Kier molecular flexibility index (Phi) is 4.70. The Morgan fingerprint density at radius 1 is 1.55 bits per heavy atom. The third-order valence-electron chi connectivity index (χ3n) is 0.526. The van der Waals surface area contributed by atoms with Gasteiger partial charge in [0.25, 0.3) is 10.4 Å². The minimum atomic E-state index is -4.93. The molecule has 0 aliphatic heterocycles. The molecule has 0 rings (SSSR count). The molecule has 7 heteroatoms. The highest BCUT2D eigenvalue weighted by atomic mass is 32.3. The first-order valence-corrected chi connectivity index (χ1v) is 3.51. The first-order valence-electron chi connectivity index (χ1n) is 2.18. The molecular formula is C4H9NO5S. The van der Waals surface area contributed by atoms with Crippen LogP contribution in [0.5, 0.6) is 0 Å². The van der Waals surface area contributed by atoms with Crippen molar-refractivity contribution in [2.24, 2.45) is 0 Å². The summed E-state index contributed by atoms with van der Waals surface area (Å²) >= 11 is 0. The van der Waals surface area contributed by atoms with Gasteiger partial charge in [0.15, 0.2) is 0 Å². The Bertz CT molecular complexity index is 254. The first kappa shape index (κ1) is 12.7. The minimum absolute atomic E-state index is 0. The molecule has 0 atom stereocenters. The van der Waals surface area contributed by atoms with Crippen LogP contribution in [-0.2, 0) is 19.4 Å². The largest absolute Gasteiger partial charge is 0.716 e. The Morgan fingerprint density at radius 3 is 2.00 bits per heavy atom. The molecular weight excluding hydrogens is 174 g/mol. The normalized spacial score (nSPS) is 9.64. The Labute approximate surface area is 64.4 Å². The fourth-order valence-electron chi connectivity index (χ4n) is 0.164. The van der Waals surface area contributed by atoms with Crippen LogP contribution in [0.3, 0.4) is 0 Å². The van der Waals surface area contributed by atoms with E-state index in [1.807, 2.05) is 0 Å². The van der Waals surface area contributed by atoms with Crippen molar-refractivity contribution >= 4 is 16.4 Å². The maximum Gasteiger partial charge on any atom is 0.347 e. The van der Waals surface area contributed by atoms with Crippen molar-refractivity contribution < 1.29 is 21.9 Å². The predicted octanol–water partition coefficient (Wildman–Crippen LogP) is -0.0579. The van der Waals surface area contributed by atoms with Gasteiger partial charge in [-0.25, -0.2) is 13.2 Å². The van der Waals surface area contributed by atoms with Crippen molar-refractivity contribution in [1.29, 1.82) is 0 Å². The van der Waals surface area contributed by atoms with E-state index in [0.29, 0.717) is 0 Å². The van der Waals surface area contributed by atoms with Crippen LogP contribution in [0.2, 0.25) is 0 Å². The number of hydrogen-bond acceptors (Lipinski definition) is 5. The van der Waals surface area contributed by atoms with Gasteiger partial charge in [0.05, 0.1) is 0 Å². The van der Waals surface area contributed by atoms with Gasteiger partial charge in [-0.3, -0.25) is 0 Å². The fourth-order valence-corrected chi connectivity index (χ4v) is 0.491. The third kappa shape index (κ3) is 6.97. The van der Waals surface area contributed by atoms with Gasteiger partial charge in [-0.2, -0.15) is 0 Å². The minimum Gasteiger partial charge on any atom is -0.716 e. The summed E-state index contributed by atoms with van der Waals surface area (Å²) in [7, 11) is -4.93. The number of hydrogen-bond donors (Lipinski definition) is 1. The number of rotatable bonds is 2. The highest BCUT2D eigenvalue weighted by molar-refractivity contribution is 7.81. The van der Waals surface area contributed by atoms with Gasteiger partial charge >= 0.3 is 5.97 Å². The lowest BCUT2D eigenvalue weighted by atomic mass is 10.4. The summed E-state index contributed by atoms with van der Waals surface area (Å²) in [6.45, 7) is 4.29. The molecule has 0 fully saturated rings. The molecule has 0 aliphatic carbocycles. The van der Waals surface area contributed by atoms with Gasteiger partial charge in [0, 0.05) is 5.57 Å². The van der Waals surface area contributed by atoms with Crippen LogP contribution in [0.15, 0.2) is 12.2 Å². The second-order valence-corrected chi connectivity index (χ2v) is 2.54. The van der Waals surface area contributed by atoms with Gasteiger partial charge in [-0.15, -0.1) is 0 Å². The van der Waals surface area contributed by atoms with Gasteiger partial charge < -0.3 is 14.9 Å². The SMILES string of the molecule is C=C(C)C(=O)OS(=O)(=O)[O-].[NH4+]. The monoisotopic (exact) mass is 183 g/mol. The average Bonchev–Trinajstić information content (AvgIpc) is 1.60. The van der Waals surface area contributed by atoms with Crippen molar-refractivity contribution in [2.75, 3.05) is 0 Å². The van der Waals surface area contributed by atoms with Crippen LogP contribution in [0.25, 0.3) is 0 Å². The highest BCUT2D eigenvalue weighted by Gasteiger charge is 2.06. The van der Waals surface area contributed by atoms with E-state index in [2.05, 4.69) is 10.8 Å². The number of carbonyl (C=O) groups is 1.